The molecule has 5 heteroatoms. The molecule has 0 rings (SSSR count). The first kappa shape index (κ1) is 6.04. The van der Waals surface area contributed by atoms with Crippen LogP contribution in [0.15, 0.2) is 4.40 Å². The van der Waals surface area contributed by atoms with Crippen LogP contribution in [0, 0.1) is 0 Å². The molecular weight excluding hydrogens is 125 g/mol. The highest BCUT2D eigenvalue weighted by Crippen LogP contribution is 2.00. The topological polar surface area (TPSA) is 21.6 Å². The molecule has 0 aliphatic rings. The lowest BCUT2D eigenvalue weighted by molar-refractivity contribution is 0.0232. The minimum atomic E-state index is 0.251. The second-order valence-corrected chi connectivity index (χ2v) is 0.960. The Kier molecular flexibility index (Phi) is 5.07. The molecular formula is CFNOS2. The van der Waals surface area contributed by atoms with Crippen molar-refractivity contribution in [1.29, 1.82) is 0 Å². The van der Waals surface area contributed by atoms with Crippen LogP contribution in [0.2, 0.25) is 0 Å². The summed E-state index contributed by atoms with van der Waals surface area (Å²) in [6, 6.07) is 0. The van der Waals surface area contributed by atoms with Crippen molar-refractivity contribution >= 4 is 29.6 Å². The Balaban J connectivity index is 2.86. The lowest BCUT2D eigenvalue weighted by Gasteiger charge is -1.67. The third-order valence-electron chi connectivity index (χ3n) is 0.103. The molecule has 0 heterocycles. The molecule has 0 unspecified atom stereocenters. The molecule has 0 aromatic carbocycles. The van der Waals surface area contributed by atoms with E-state index >= 15 is 0 Å². The molecule has 0 spiro atoms. The molecule has 0 bridgehead atoms. The average molecular weight is 125 g/mol. The molecule has 0 aliphatic carbocycles. The van der Waals surface area contributed by atoms with E-state index in [0.717, 1.165) is 0 Å². The summed E-state index contributed by atoms with van der Waals surface area (Å²) < 4.78 is 16.3. The van der Waals surface area contributed by atoms with Crippen molar-refractivity contribution in [2.45, 2.75) is 0 Å². The number of thiocarbonyl (C=S) groups is 1. The van der Waals surface area contributed by atoms with Gasteiger partial charge in [-0.15, -0.1) is 4.40 Å². The number of rotatable bonds is 2. The number of isothiocyanates is 1. The Morgan fingerprint density at radius 3 is 2.83 bits per heavy atom. The summed E-state index contributed by atoms with van der Waals surface area (Å²) in [6.45, 7) is 0. The van der Waals surface area contributed by atoms with E-state index in [1.165, 1.54) is 0 Å². The quantitative estimate of drug-likeness (QED) is 0.242. The van der Waals surface area contributed by atoms with E-state index in [9.17, 15) is 4.53 Å². The van der Waals surface area contributed by atoms with E-state index in [1.54, 1.807) is 0 Å². The molecule has 0 aliphatic heterocycles. The van der Waals surface area contributed by atoms with Crippen LogP contribution in [-0.2, 0) is 4.39 Å². The summed E-state index contributed by atoms with van der Waals surface area (Å²) in [5.41, 5.74) is 0. The normalized spacial score (nSPS) is 6.83. The molecule has 0 amide bonds. The van der Waals surface area contributed by atoms with Gasteiger partial charge in [-0.3, -0.25) is 0 Å². The minimum absolute atomic E-state index is 0.251. The van der Waals surface area contributed by atoms with Gasteiger partial charge >= 0.3 is 0 Å². The molecule has 0 N–H and O–H groups in total. The maximum Gasteiger partial charge on any atom is 0.188 e. The molecule has 34 valence electrons. The maximum absolute atomic E-state index is 10.5. The van der Waals surface area contributed by atoms with E-state index in [2.05, 4.69) is 21.0 Å². The van der Waals surface area contributed by atoms with Crippen molar-refractivity contribution in [1.82, 2.24) is 0 Å². The van der Waals surface area contributed by atoms with E-state index in [1.807, 2.05) is 5.16 Å². The van der Waals surface area contributed by atoms with Crippen LogP contribution in [0.25, 0.3) is 0 Å². The van der Waals surface area contributed by atoms with Crippen LogP contribution >= 0.6 is 24.4 Å². The Morgan fingerprint density at radius 1 is 2.00 bits per heavy atom. The lowest BCUT2D eigenvalue weighted by atomic mass is 11.8. The zero-order valence-corrected chi connectivity index (χ0v) is 4.18. The highest BCUT2D eigenvalue weighted by atomic mass is 32.2. The second-order valence-electron chi connectivity index (χ2n) is 0.320. The smallest absolute Gasteiger partial charge is 0.129 e. The highest BCUT2D eigenvalue weighted by molar-refractivity contribution is 7.93. The molecule has 0 saturated carbocycles. The number of hydrogen-bond acceptors (Lipinski definition) is 4. The van der Waals surface area contributed by atoms with E-state index in [4.69, 9.17) is 0 Å². The van der Waals surface area contributed by atoms with Gasteiger partial charge in [0.25, 0.3) is 0 Å². The summed E-state index contributed by atoms with van der Waals surface area (Å²) in [6.07, 6.45) is 0. The maximum atomic E-state index is 10.5. The first-order valence-electron chi connectivity index (χ1n) is 0.931. The SMILES string of the molecule is FOSN=C=S. The van der Waals surface area contributed by atoms with Crippen molar-refractivity contribution in [3.8, 4) is 0 Å². The summed E-state index contributed by atoms with van der Waals surface area (Å²) >= 11 is 4.28. The summed E-state index contributed by atoms with van der Waals surface area (Å²) in [7, 11) is 0. The molecule has 0 saturated heterocycles. The Labute approximate surface area is 43.6 Å². The number of hydrogen-bond donors (Lipinski definition) is 0. The lowest BCUT2D eigenvalue weighted by Crippen LogP contribution is -1.45. The third-order valence-corrected chi connectivity index (χ3v) is 0.532. The Morgan fingerprint density at radius 2 is 2.67 bits per heavy atom. The van der Waals surface area contributed by atoms with Gasteiger partial charge in [0.1, 0.15) is 0 Å². The molecule has 2 nitrogen and oxygen atoms in total. The van der Waals surface area contributed by atoms with Crippen LogP contribution in [0.1, 0.15) is 0 Å². The minimum Gasteiger partial charge on any atom is -0.129 e. The van der Waals surface area contributed by atoms with Crippen molar-refractivity contribution in [3.63, 3.8) is 0 Å². The summed E-state index contributed by atoms with van der Waals surface area (Å²) in [5.74, 6) is 0. The van der Waals surface area contributed by atoms with Crippen molar-refractivity contribution in [2.24, 2.45) is 4.40 Å². The van der Waals surface area contributed by atoms with Crippen LogP contribution < -0.4 is 0 Å². The fourth-order valence-corrected chi connectivity index (χ4v) is 0.179. The molecule has 0 radical (unpaired) electrons. The van der Waals surface area contributed by atoms with Crippen LogP contribution in [0.5, 0.6) is 0 Å². The largest absolute Gasteiger partial charge is 0.188 e. The highest BCUT2D eigenvalue weighted by Gasteiger charge is 1.70. The van der Waals surface area contributed by atoms with E-state index in [0.29, 0.717) is 0 Å². The summed E-state index contributed by atoms with van der Waals surface area (Å²) in [5, 5.41) is 1.87. The van der Waals surface area contributed by atoms with Gasteiger partial charge < -0.3 is 0 Å². The zero-order valence-electron chi connectivity index (χ0n) is 2.55. The van der Waals surface area contributed by atoms with E-state index < -0.39 is 0 Å². The first-order chi connectivity index (χ1) is 2.91. The van der Waals surface area contributed by atoms with Crippen molar-refractivity contribution in [3.05, 3.63) is 0 Å². The number of nitrogens with zero attached hydrogens (tertiary/aromatic N) is 1. The van der Waals surface area contributed by atoms with Gasteiger partial charge in [-0.2, -0.15) is 0 Å². The standard InChI is InChI=1S/CFNOS2/c2-4-6-3-1-5. The second kappa shape index (κ2) is 5.04. The van der Waals surface area contributed by atoms with Crippen molar-refractivity contribution < 1.29 is 8.91 Å². The zero-order chi connectivity index (χ0) is 4.83. The van der Waals surface area contributed by atoms with Crippen molar-refractivity contribution in [2.75, 3.05) is 0 Å². The van der Waals surface area contributed by atoms with Crippen LogP contribution in [0.3, 0.4) is 0 Å². The Bertz CT molecular complexity index is 69.9. The van der Waals surface area contributed by atoms with Crippen LogP contribution in [-0.4, -0.2) is 5.16 Å². The summed E-state index contributed by atoms with van der Waals surface area (Å²) in [4.78, 5) is 0. The number of halogens is 1. The molecule has 6 heavy (non-hydrogen) atoms. The van der Waals surface area contributed by atoms with Gasteiger partial charge in [-0.05, 0) is 16.7 Å². The van der Waals surface area contributed by atoms with Crippen LogP contribution in [0.4, 0.5) is 4.53 Å². The monoisotopic (exact) mass is 125 g/mol. The first-order valence-corrected chi connectivity index (χ1v) is 2.04. The Hall–Kier alpha value is 0.0400. The van der Waals surface area contributed by atoms with Gasteiger partial charge in [0.2, 0.25) is 0 Å². The molecule has 0 fully saturated rings. The van der Waals surface area contributed by atoms with E-state index in [-0.39, 0.29) is 12.2 Å². The van der Waals surface area contributed by atoms with Gasteiger partial charge in [0.05, 0.1) is 5.16 Å². The molecule has 0 atom stereocenters. The molecule has 0 aromatic rings. The third kappa shape index (κ3) is 4.04. The predicted molar refractivity (Wildman–Crippen MR) is 24.8 cm³/mol. The fraction of sp³-hybridized carbons (Fsp3) is 0. The molecule has 0 aromatic heterocycles. The fourth-order valence-electron chi connectivity index (χ4n) is 0.0293. The van der Waals surface area contributed by atoms with Gasteiger partial charge in [0.15, 0.2) is 12.2 Å². The van der Waals surface area contributed by atoms with Gasteiger partial charge in [-0.1, -0.05) is 4.39 Å². The van der Waals surface area contributed by atoms with Gasteiger partial charge in [0, 0.05) is 0 Å². The average Bonchev–Trinajstić information content (AvgIpc) is 1.61. The van der Waals surface area contributed by atoms with Gasteiger partial charge in [-0.25, -0.2) is 0 Å². The predicted octanol–water partition coefficient (Wildman–Crippen LogP) is 1.55.